The zero-order chi connectivity index (χ0) is 18.5. The molecular formula is C21H21N3O2. The van der Waals surface area contributed by atoms with E-state index in [2.05, 4.69) is 23.3 Å². The first-order chi connectivity index (χ1) is 12.5. The number of aryl methyl sites for hydroxylation is 2. The van der Waals surface area contributed by atoms with Crippen molar-refractivity contribution >= 4 is 11.7 Å². The Morgan fingerprint density at radius 2 is 1.88 bits per heavy atom. The number of carbonyl (C=O) groups excluding carboxylic acids is 1. The van der Waals surface area contributed by atoms with Crippen LogP contribution < -0.4 is 15.8 Å². The van der Waals surface area contributed by atoms with Crippen LogP contribution in [0.1, 0.15) is 27.0 Å². The average Bonchev–Trinajstić information content (AvgIpc) is 2.63. The lowest BCUT2D eigenvalue weighted by atomic mass is 10.1. The average molecular weight is 347 g/mol. The largest absolute Gasteiger partial charge is 0.457 e. The summed E-state index contributed by atoms with van der Waals surface area (Å²) in [7, 11) is 0. The summed E-state index contributed by atoms with van der Waals surface area (Å²) in [6.45, 7) is 4.48. The number of nitrogens with two attached hydrogens (primary N) is 1. The summed E-state index contributed by atoms with van der Waals surface area (Å²) >= 11 is 0. The standard InChI is InChI=1S/C21H21N3O2/c1-14-5-10-19(15(2)12-14)26-17-8-6-16(7-9-17)13-24-21(25)18-4-3-11-23-20(18)22/h3-12H,13H2,1-2H3,(H2,22,23)(H,24,25). The summed E-state index contributed by atoms with van der Waals surface area (Å²) in [5.74, 6) is 1.57. The van der Waals surface area contributed by atoms with E-state index in [0.29, 0.717) is 12.1 Å². The van der Waals surface area contributed by atoms with Gasteiger partial charge in [0.25, 0.3) is 5.91 Å². The van der Waals surface area contributed by atoms with Gasteiger partial charge in [0.15, 0.2) is 0 Å². The van der Waals surface area contributed by atoms with Crippen molar-refractivity contribution < 1.29 is 9.53 Å². The predicted octanol–water partition coefficient (Wildman–Crippen LogP) is 4.00. The number of nitrogens with zero attached hydrogens (tertiary/aromatic N) is 1. The van der Waals surface area contributed by atoms with Crippen LogP contribution in [-0.2, 0) is 6.54 Å². The second kappa shape index (κ2) is 7.70. The van der Waals surface area contributed by atoms with Gasteiger partial charge in [-0.1, -0.05) is 29.8 Å². The van der Waals surface area contributed by atoms with Crippen molar-refractivity contribution in [2.75, 3.05) is 5.73 Å². The van der Waals surface area contributed by atoms with Crippen LogP contribution in [-0.4, -0.2) is 10.9 Å². The van der Waals surface area contributed by atoms with Gasteiger partial charge in [-0.15, -0.1) is 0 Å². The summed E-state index contributed by atoms with van der Waals surface area (Å²) in [5.41, 5.74) is 9.36. The molecule has 0 aliphatic heterocycles. The van der Waals surface area contributed by atoms with Crippen molar-refractivity contribution in [2.24, 2.45) is 0 Å². The zero-order valence-electron chi connectivity index (χ0n) is 14.8. The minimum Gasteiger partial charge on any atom is -0.457 e. The van der Waals surface area contributed by atoms with Gasteiger partial charge in [0.1, 0.15) is 17.3 Å². The Kier molecular flexibility index (Phi) is 5.17. The second-order valence-corrected chi connectivity index (χ2v) is 6.13. The first-order valence-electron chi connectivity index (χ1n) is 8.35. The highest BCUT2D eigenvalue weighted by Gasteiger charge is 2.09. The number of aromatic nitrogens is 1. The highest BCUT2D eigenvalue weighted by molar-refractivity contribution is 5.98. The number of benzene rings is 2. The molecule has 0 bridgehead atoms. The van der Waals surface area contributed by atoms with Gasteiger partial charge in [-0.2, -0.15) is 0 Å². The van der Waals surface area contributed by atoms with E-state index < -0.39 is 0 Å². The van der Waals surface area contributed by atoms with Gasteiger partial charge in [0.2, 0.25) is 0 Å². The monoisotopic (exact) mass is 347 g/mol. The normalized spacial score (nSPS) is 10.4. The van der Waals surface area contributed by atoms with Gasteiger partial charge in [0.05, 0.1) is 5.56 Å². The molecule has 0 aliphatic carbocycles. The van der Waals surface area contributed by atoms with E-state index in [9.17, 15) is 4.79 Å². The number of ether oxygens (including phenoxy) is 1. The molecule has 1 aromatic heterocycles. The molecule has 1 amide bonds. The van der Waals surface area contributed by atoms with Crippen LogP contribution in [0.2, 0.25) is 0 Å². The van der Waals surface area contributed by atoms with Crippen molar-refractivity contribution in [3.63, 3.8) is 0 Å². The van der Waals surface area contributed by atoms with E-state index in [4.69, 9.17) is 10.5 Å². The molecule has 0 unspecified atom stereocenters. The second-order valence-electron chi connectivity index (χ2n) is 6.13. The minimum absolute atomic E-state index is 0.224. The number of nitrogens with one attached hydrogen (secondary N) is 1. The van der Waals surface area contributed by atoms with Crippen molar-refractivity contribution in [1.29, 1.82) is 0 Å². The number of amides is 1. The number of hydrogen-bond acceptors (Lipinski definition) is 4. The lowest BCUT2D eigenvalue weighted by Crippen LogP contribution is -2.24. The van der Waals surface area contributed by atoms with Gasteiger partial charge in [-0.3, -0.25) is 4.79 Å². The van der Waals surface area contributed by atoms with Gasteiger partial charge < -0.3 is 15.8 Å². The van der Waals surface area contributed by atoms with Crippen LogP contribution >= 0.6 is 0 Å². The smallest absolute Gasteiger partial charge is 0.255 e. The Labute approximate surface area is 152 Å². The molecule has 0 saturated carbocycles. The Hall–Kier alpha value is -3.34. The number of nitrogen functional groups attached to an aromatic ring is 1. The van der Waals surface area contributed by atoms with Crippen molar-refractivity contribution in [1.82, 2.24) is 10.3 Å². The highest BCUT2D eigenvalue weighted by atomic mass is 16.5. The van der Waals surface area contributed by atoms with E-state index in [-0.39, 0.29) is 11.7 Å². The Morgan fingerprint density at radius 3 is 2.58 bits per heavy atom. The molecule has 0 fully saturated rings. The lowest BCUT2D eigenvalue weighted by Gasteiger charge is -2.10. The zero-order valence-corrected chi connectivity index (χ0v) is 14.8. The maximum Gasteiger partial charge on any atom is 0.255 e. The summed E-state index contributed by atoms with van der Waals surface area (Å²) in [6, 6.07) is 17.0. The number of carbonyl (C=O) groups is 1. The molecule has 5 heteroatoms. The SMILES string of the molecule is Cc1ccc(Oc2ccc(CNC(=O)c3cccnc3N)cc2)c(C)c1. The van der Waals surface area contributed by atoms with Crippen LogP contribution in [0.15, 0.2) is 60.8 Å². The summed E-state index contributed by atoms with van der Waals surface area (Å²) in [6.07, 6.45) is 1.56. The third-order valence-corrected chi connectivity index (χ3v) is 4.02. The van der Waals surface area contributed by atoms with Crippen molar-refractivity contribution in [3.8, 4) is 11.5 Å². The molecule has 0 spiro atoms. The van der Waals surface area contributed by atoms with Crippen molar-refractivity contribution in [3.05, 3.63) is 83.0 Å². The molecule has 5 nitrogen and oxygen atoms in total. The van der Waals surface area contributed by atoms with E-state index in [1.807, 2.05) is 43.3 Å². The lowest BCUT2D eigenvalue weighted by molar-refractivity contribution is 0.0951. The predicted molar refractivity (Wildman–Crippen MR) is 102 cm³/mol. The third-order valence-electron chi connectivity index (χ3n) is 4.02. The maximum atomic E-state index is 12.2. The van der Waals surface area contributed by atoms with Crippen LogP contribution in [0.3, 0.4) is 0 Å². The fourth-order valence-corrected chi connectivity index (χ4v) is 2.60. The van der Waals surface area contributed by atoms with E-state index in [0.717, 1.165) is 22.6 Å². The van der Waals surface area contributed by atoms with Gasteiger partial charge >= 0.3 is 0 Å². The van der Waals surface area contributed by atoms with Crippen LogP contribution in [0, 0.1) is 13.8 Å². The molecule has 0 aliphatic rings. The van der Waals surface area contributed by atoms with Gasteiger partial charge in [-0.25, -0.2) is 4.98 Å². The molecule has 2 aromatic carbocycles. The summed E-state index contributed by atoms with van der Waals surface area (Å²) in [5, 5.41) is 2.84. The first-order valence-corrected chi connectivity index (χ1v) is 8.35. The number of rotatable bonds is 5. The number of pyridine rings is 1. The topological polar surface area (TPSA) is 77.2 Å². The maximum absolute atomic E-state index is 12.2. The minimum atomic E-state index is -0.244. The quantitative estimate of drug-likeness (QED) is 0.731. The van der Waals surface area contributed by atoms with Crippen LogP contribution in [0.5, 0.6) is 11.5 Å². The first kappa shape index (κ1) is 17.5. The summed E-state index contributed by atoms with van der Waals surface area (Å²) in [4.78, 5) is 16.1. The molecule has 0 atom stereocenters. The van der Waals surface area contributed by atoms with Gasteiger partial charge in [0, 0.05) is 12.7 Å². The molecule has 26 heavy (non-hydrogen) atoms. The molecular weight excluding hydrogens is 326 g/mol. The molecule has 3 N–H and O–H groups in total. The van der Waals surface area contributed by atoms with Crippen LogP contribution in [0.4, 0.5) is 5.82 Å². The number of anilines is 1. The number of hydrogen-bond donors (Lipinski definition) is 2. The summed E-state index contributed by atoms with van der Waals surface area (Å²) < 4.78 is 5.92. The van der Waals surface area contributed by atoms with E-state index in [1.165, 1.54) is 5.56 Å². The molecule has 3 aromatic rings. The van der Waals surface area contributed by atoms with Gasteiger partial charge in [-0.05, 0) is 55.3 Å². The Bertz CT molecular complexity index is 921. The Balaban J connectivity index is 1.61. The Morgan fingerprint density at radius 1 is 1.12 bits per heavy atom. The molecule has 1 heterocycles. The molecule has 132 valence electrons. The molecule has 0 saturated heterocycles. The molecule has 3 rings (SSSR count). The van der Waals surface area contributed by atoms with Crippen molar-refractivity contribution in [2.45, 2.75) is 20.4 Å². The fraction of sp³-hybridized carbons (Fsp3) is 0.143. The fourth-order valence-electron chi connectivity index (χ4n) is 2.60. The third kappa shape index (κ3) is 4.19. The van der Waals surface area contributed by atoms with E-state index in [1.54, 1.807) is 18.3 Å². The van der Waals surface area contributed by atoms with E-state index >= 15 is 0 Å². The molecule has 0 radical (unpaired) electrons. The highest BCUT2D eigenvalue weighted by Crippen LogP contribution is 2.25. The van der Waals surface area contributed by atoms with Crippen LogP contribution in [0.25, 0.3) is 0 Å².